The summed E-state index contributed by atoms with van der Waals surface area (Å²) in [5, 5.41) is 8.91. The molecule has 1 N–H and O–H groups in total. The fourth-order valence-electron chi connectivity index (χ4n) is 2.03. The SMILES string of the molecule is CN(Cc1ccc2nsnc2c1)C(=O)c1ccc(C(=O)O)s1. The van der Waals surface area contributed by atoms with E-state index in [-0.39, 0.29) is 10.8 Å². The number of rotatable bonds is 4. The maximum absolute atomic E-state index is 12.3. The van der Waals surface area contributed by atoms with Crippen LogP contribution in [0.1, 0.15) is 24.9 Å². The summed E-state index contributed by atoms with van der Waals surface area (Å²) in [6, 6.07) is 8.67. The van der Waals surface area contributed by atoms with Gasteiger partial charge in [0.2, 0.25) is 0 Å². The molecule has 0 spiro atoms. The van der Waals surface area contributed by atoms with Crippen molar-refractivity contribution in [2.75, 3.05) is 7.05 Å². The predicted molar refractivity (Wildman–Crippen MR) is 84.5 cm³/mol. The summed E-state index contributed by atoms with van der Waals surface area (Å²) in [6.07, 6.45) is 0. The normalized spacial score (nSPS) is 10.8. The van der Waals surface area contributed by atoms with Crippen molar-refractivity contribution < 1.29 is 14.7 Å². The van der Waals surface area contributed by atoms with E-state index in [1.807, 2.05) is 18.2 Å². The fraction of sp³-hybridized carbons (Fsp3) is 0.143. The number of hydrogen-bond acceptors (Lipinski definition) is 6. The fourth-order valence-corrected chi connectivity index (χ4v) is 3.38. The van der Waals surface area contributed by atoms with E-state index in [0.717, 1.165) is 39.7 Å². The molecule has 0 aliphatic carbocycles. The van der Waals surface area contributed by atoms with E-state index in [1.54, 1.807) is 18.0 Å². The van der Waals surface area contributed by atoms with E-state index in [2.05, 4.69) is 8.75 Å². The standard InChI is InChI=1S/C14H11N3O3S2/c1-17(13(18)11-4-5-12(21-11)14(19)20)7-8-2-3-9-10(6-8)16-22-15-9/h2-6H,7H2,1H3,(H,19,20). The van der Waals surface area contributed by atoms with E-state index in [0.29, 0.717) is 11.4 Å². The number of carboxylic acids is 1. The van der Waals surface area contributed by atoms with Gasteiger partial charge in [-0.05, 0) is 29.8 Å². The molecule has 1 aromatic carbocycles. The molecule has 3 aromatic rings. The first kappa shape index (κ1) is 14.6. The first-order valence-corrected chi connectivity index (χ1v) is 7.89. The second-order valence-electron chi connectivity index (χ2n) is 4.72. The molecule has 0 bridgehead atoms. The second kappa shape index (κ2) is 5.82. The molecule has 0 fully saturated rings. The van der Waals surface area contributed by atoms with Crippen LogP contribution in [0.4, 0.5) is 0 Å². The summed E-state index contributed by atoms with van der Waals surface area (Å²) in [4.78, 5) is 25.3. The van der Waals surface area contributed by atoms with E-state index >= 15 is 0 Å². The summed E-state index contributed by atoms with van der Waals surface area (Å²) in [5.41, 5.74) is 2.60. The molecular weight excluding hydrogens is 322 g/mol. The first-order chi connectivity index (χ1) is 10.5. The van der Waals surface area contributed by atoms with Gasteiger partial charge in [0, 0.05) is 13.6 Å². The molecule has 8 heteroatoms. The number of thiophene rings is 1. The Morgan fingerprint density at radius 1 is 1.14 bits per heavy atom. The summed E-state index contributed by atoms with van der Waals surface area (Å²) in [5.74, 6) is -1.22. The molecule has 0 unspecified atom stereocenters. The van der Waals surface area contributed by atoms with Crippen molar-refractivity contribution in [2.45, 2.75) is 6.54 Å². The second-order valence-corrected chi connectivity index (χ2v) is 6.33. The molecule has 2 heterocycles. The number of aromatic nitrogens is 2. The highest BCUT2D eigenvalue weighted by molar-refractivity contribution is 7.15. The van der Waals surface area contributed by atoms with Gasteiger partial charge in [-0.25, -0.2) is 4.79 Å². The summed E-state index contributed by atoms with van der Waals surface area (Å²) < 4.78 is 8.31. The third-order valence-corrected chi connectivity index (χ3v) is 4.73. The van der Waals surface area contributed by atoms with Gasteiger partial charge < -0.3 is 10.0 Å². The highest BCUT2D eigenvalue weighted by atomic mass is 32.1. The van der Waals surface area contributed by atoms with Gasteiger partial charge in [0.15, 0.2) is 0 Å². The number of aromatic carboxylic acids is 1. The molecule has 2 aromatic heterocycles. The number of nitrogens with zero attached hydrogens (tertiary/aromatic N) is 3. The van der Waals surface area contributed by atoms with E-state index in [4.69, 9.17) is 5.11 Å². The summed E-state index contributed by atoms with van der Waals surface area (Å²) in [6.45, 7) is 0.423. The molecule has 0 radical (unpaired) electrons. The van der Waals surface area contributed by atoms with Gasteiger partial charge >= 0.3 is 5.97 Å². The zero-order valence-corrected chi connectivity index (χ0v) is 13.1. The smallest absolute Gasteiger partial charge is 0.345 e. The third-order valence-electron chi connectivity index (χ3n) is 3.11. The van der Waals surface area contributed by atoms with Crippen LogP contribution in [0.15, 0.2) is 30.3 Å². The van der Waals surface area contributed by atoms with E-state index < -0.39 is 5.97 Å². The van der Waals surface area contributed by atoms with Crippen LogP contribution in [0.25, 0.3) is 11.0 Å². The molecule has 0 aliphatic rings. The Hall–Kier alpha value is -2.32. The molecule has 112 valence electrons. The minimum absolute atomic E-state index is 0.159. The Morgan fingerprint density at radius 2 is 1.86 bits per heavy atom. The van der Waals surface area contributed by atoms with Crippen molar-refractivity contribution in [3.8, 4) is 0 Å². The van der Waals surface area contributed by atoms with Gasteiger partial charge in [0.25, 0.3) is 5.91 Å². The number of fused-ring (bicyclic) bond motifs is 1. The molecule has 6 nitrogen and oxygen atoms in total. The van der Waals surface area contributed by atoms with Crippen LogP contribution >= 0.6 is 23.1 Å². The van der Waals surface area contributed by atoms with Crippen LogP contribution in [0.3, 0.4) is 0 Å². The van der Waals surface area contributed by atoms with Crippen molar-refractivity contribution >= 4 is 46.0 Å². The minimum Gasteiger partial charge on any atom is -0.477 e. The third kappa shape index (κ3) is 2.83. The minimum atomic E-state index is -1.02. The molecule has 0 saturated carbocycles. The Balaban J connectivity index is 1.76. The lowest BCUT2D eigenvalue weighted by atomic mass is 10.2. The van der Waals surface area contributed by atoms with Crippen LogP contribution in [0.5, 0.6) is 0 Å². The van der Waals surface area contributed by atoms with Crippen molar-refractivity contribution in [1.82, 2.24) is 13.6 Å². The zero-order chi connectivity index (χ0) is 15.7. The lowest BCUT2D eigenvalue weighted by molar-refractivity contribution is 0.0701. The number of carbonyl (C=O) groups excluding carboxylic acids is 1. The van der Waals surface area contributed by atoms with Gasteiger partial charge in [-0.15, -0.1) is 11.3 Å². The molecule has 0 saturated heterocycles. The largest absolute Gasteiger partial charge is 0.477 e. The van der Waals surface area contributed by atoms with Crippen molar-refractivity contribution in [3.05, 3.63) is 45.6 Å². The van der Waals surface area contributed by atoms with Gasteiger partial charge in [-0.1, -0.05) is 6.07 Å². The van der Waals surface area contributed by atoms with Crippen LogP contribution in [-0.2, 0) is 6.54 Å². The van der Waals surface area contributed by atoms with Crippen LogP contribution in [0, 0.1) is 0 Å². The average molecular weight is 333 g/mol. The lowest BCUT2D eigenvalue weighted by Crippen LogP contribution is -2.25. The van der Waals surface area contributed by atoms with Gasteiger partial charge in [0.1, 0.15) is 15.9 Å². The highest BCUT2D eigenvalue weighted by Crippen LogP contribution is 2.20. The summed E-state index contributed by atoms with van der Waals surface area (Å²) in [7, 11) is 1.69. The van der Waals surface area contributed by atoms with E-state index in [1.165, 1.54) is 6.07 Å². The van der Waals surface area contributed by atoms with E-state index in [9.17, 15) is 9.59 Å². The molecule has 0 aliphatic heterocycles. The van der Waals surface area contributed by atoms with Crippen molar-refractivity contribution in [1.29, 1.82) is 0 Å². The number of amides is 1. The van der Waals surface area contributed by atoms with Crippen molar-refractivity contribution in [3.63, 3.8) is 0 Å². The number of hydrogen-bond donors (Lipinski definition) is 1. The first-order valence-electron chi connectivity index (χ1n) is 6.34. The monoisotopic (exact) mass is 333 g/mol. The number of benzene rings is 1. The molecular formula is C14H11N3O3S2. The predicted octanol–water partition coefficient (Wildman–Crippen LogP) is 2.72. The maximum Gasteiger partial charge on any atom is 0.345 e. The quantitative estimate of drug-likeness (QED) is 0.793. The number of carboxylic acid groups (broad SMARTS) is 1. The molecule has 0 atom stereocenters. The Bertz CT molecular complexity index is 856. The molecule has 22 heavy (non-hydrogen) atoms. The Kier molecular flexibility index (Phi) is 3.86. The van der Waals surface area contributed by atoms with Gasteiger partial charge in [0.05, 0.1) is 16.6 Å². The van der Waals surface area contributed by atoms with Crippen molar-refractivity contribution in [2.24, 2.45) is 0 Å². The topological polar surface area (TPSA) is 83.4 Å². The molecule has 1 amide bonds. The lowest BCUT2D eigenvalue weighted by Gasteiger charge is -2.16. The highest BCUT2D eigenvalue weighted by Gasteiger charge is 2.17. The van der Waals surface area contributed by atoms with Crippen LogP contribution in [0.2, 0.25) is 0 Å². The zero-order valence-electron chi connectivity index (χ0n) is 11.5. The van der Waals surface area contributed by atoms with Gasteiger partial charge in [-0.3, -0.25) is 4.79 Å². The Morgan fingerprint density at radius 3 is 2.59 bits per heavy atom. The summed E-state index contributed by atoms with van der Waals surface area (Å²) >= 11 is 2.14. The number of carbonyl (C=O) groups is 2. The molecule has 3 rings (SSSR count). The Labute approximate surface area is 134 Å². The van der Waals surface area contributed by atoms with Crippen LogP contribution < -0.4 is 0 Å². The van der Waals surface area contributed by atoms with Gasteiger partial charge in [-0.2, -0.15) is 8.75 Å². The van der Waals surface area contributed by atoms with Crippen LogP contribution in [-0.4, -0.2) is 37.7 Å². The maximum atomic E-state index is 12.3. The average Bonchev–Trinajstić information content (AvgIpc) is 3.15.